The fourth-order valence-electron chi connectivity index (χ4n) is 7.32. The lowest BCUT2D eigenvalue weighted by molar-refractivity contribution is -0.203. The van der Waals surface area contributed by atoms with Crippen molar-refractivity contribution < 1.29 is 18.0 Å². The summed E-state index contributed by atoms with van der Waals surface area (Å²) in [6.45, 7) is 2.78. The molecule has 0 radical (unpaired) electrons. The summed E-state index contributed by atoms with van der Waals surface area (Å²) in [5, 5.41) is 8.98. The Morgan fingerprint density at radius 2 is 1.86 bits per heavy atom. The van der Waals surface area contributed by atoms with Crippen molar-refractivity contribution in [2.24, 2.45) is 5.92 Å². The second-order valence-corrected chi connectivity index (χ2v) is 11.6. The number of likely N-dealkylation sites (N-methyl/N-ethyl adjacent to an activating group) is 2. The first-order valence-electron chi connectivity index (χ1n) is 13.1. The Bertz CT molecular complexity index is 768. The Hall–Kier alpha value is -0.690. The van der Waals surface area contributed by atoms with E-state index in [1.165, 1.54) is 7.05 Å². The molecule has 1 saturated carbocycles. The second-order valence-electron chi connectivity index (χ2n) is 11.1. The number of nitrogens with zero attached hydrogens (tertiary/aromatic N) is 4. The van der Waals surface area contributed by atoms with Gasteiger partial charge in [0.05, 0.1) is 11.7 Å². The molecule has 4 saturated heterocycles. The average molecular weight is 522 g/mol. The number of hydrazine groups is 1. The summed E-state index contributed by atoms with van der Waals surface area (Å²) in [7, 11) is 3.11. The van der Waals surface area contributed by atoms with Crippen LogP contribution in [0.25, 0.3) is 0 Å². The van der Waals surface area contributed by atoms with Gasteiger partial charge in [0.2, 0.25) is 5.91 Å². The third-order valence-corrected chi connectivity index (χ3v) is 9.31. The standard InChI is InChI=1S/C23H39ClF3N7O/c1-31-13-28-11-18(31)22(35)32(2)21(23(25,26)27)14-5-7-15(8-6-14)33-9-3-4-16-17(33)12-29-20-10-19(24)30-34(16)20/h14-21,28-30H,3-13H2,1-2H3/t14?,15?,16?,17?,18?,19?,20?,21-/m0/s1. The van der Waals surface area contributed by atoms with E-state index in [0.29, 0.717) is 38.1 Å². The molecule has 0 aromatic heterocycles. The van der Waals surface area contributed by atoms with Gasteiger partial charge in [-0.15, -0.1) is 11.6 Å². The summed E-state index contributed by atoms with van der Waals surface area (Å²) in [4.78, 5) is 18.3. The minimum absolute atomic E-state index is 0.0594. The van der Waals surface area contributed by atoms with Gasteiger partial charge in [0.15, 0.2) is 0 Å². The molecule has 4 heterocycles. The normalized spacial score (nSPS) is 40.3. The van der Waals surface area contributed by atoms with Crippen LogP contribution >= 0.6 is 11.6 Å². The van der Waals surface area contributed by atoms with Crippen LogP contribution in [-0.4, -0.2) is 114 Å². The first-order chi connectivity index (χ1) is 16.6. The van der Waals surface area contributed by atoms with Crippen LogP contribution in [0.2, 0.25) is 0 Å². The zero-order valence-electron chi connectivity index (χ0n) is 20.6. The average Bonchev–Trinajstić information content (AvgIpc) is 3.42. The fourth-order valence-corrected chi connectivity index (χ4v) is 7.60. The van der Waals surface area contributed by atoms with Crippen molar-refractivity contribution in [3.63, 3.8) is 0 Å². The van der Waals surface area contributed by atoms with E-state index in [4.69, 9.17) is 11.6 Å². The number of hydrogen-bond donors (Lipinski definition) is 3. The molecule has 4 aliphatic heterocycles. The van der Waals surface area contributed by atoms with Crippen molar-refractivity contribution in [3.8, 4) is 0 Å². The molecule has 0 spiro atoms. The van der Waals surface area contributed by atoms with Gasteiger partial charge in [0, 0.05) is 51.4 Å². The van der Waals surface area contributed by atoms with Crippen molar-refractivity contribution in [2.75, 3.05) is 40.4 Å². The quantitative estimate of drug-likeness (QED) is 0.381. The Balaban J connectivity index is 1.23. The van der Waals surface area contributed by atoms with Gasteiger partial charge in [-0.05, 0) is 58.0 Å². The molecule has 12 heteroatoms. The van der Waals surface area contributed by atoms with E-state index in [9.17, 15) is 18.0 Å². The summed E-state index contributed by atoms with van der Waals surface area (Å²) >= 11 is 6.35. The van der Waals surface area contributed by atoms with Gasteiger partial charge in [-0.1, -0.05) is 0 Å². The highest BCUT2D eigenvalue weighted by molar-refractivity contribution is 6.20. The highest BCUT2D eigenvalue weighted by Gasteiger charge is 2.52. The topological polar surface area (TPSA) is 66.1 Å². The van der Waals surface area contributed by atoms with Gasteiger partial charge in [-0.3, -0.25) is 19.9 Å². The predicted molar refractivity (Wildman–Crippen MR) is 127 cm³/mol. The number of likely N-dealkylation sites (tertiary alicyclic amines) is 1. The maximum absolute atomic E-state index is 14.3. The van der Waals surface area contributed by atoms with Crippen molar-refractivity contribution in [2.45, 2.75) is 93.0 Å². The van der Waals surface area contributed by atoms with Crippen LogP contribution in [-0.2, 0) is 4.79 Å². The molecule has 200 valence electrons. The van der Waals surface area contributed by atoms with Crippen LogP contribution in [0.15, 0.2) is 0 Å². The zero-order chi connectivity index (χ0) is 24.9. The smallest absolute Gasteiger partial charge is 0.332 e. The van der Waals surface area contributed by atoms with Crippen molar-refractivity contribution in [1.82, 2.24) is 35.8 Å². The number of carbonyl (C=O) groups excluding carboxylic acids is 1. The Morgan fingerprint density at radius 3 is 2.51 bits per heavy atom. The lowest BCUT2D eigenvalue weighted by Crippen LogP contribution is -2.70. The molecule has 0 aromatic rings. The number of nitrogens with one attached hydrogen (secondary N) is 3. The number of fused-ring (bicyclic) bond motifs is 3. The lowest BCUT2D eigenvalue weighted by Gasteiger charge is -2.53. The molecular weight excluding hydrogens is 483 g/mol. The van der Waals surface area contributed by atoms with Crippen LogP contribution in [0.4, 0.5) is 13.2 Å². The number of amides is 1. The molecule has 3 N–H and O–H groups in total. The fraction of sp³-hybridized carbons (Fsp3) is 0.957. The molecule has 5 fully saturated rings. The van der Waals surface area contributed by atoms with E-state index in [-0.39, 0.29) is 17.7 Å². The first kappa shape index (κ1) is 25.9. The van der Waals surface area contributed by atoms with Crippen LogP contribution < -0.4 is 16.1 Å². The van der Waals surface area contributed by atoms with Gasteiger partial charge in [0.25, 0.3) is 0 Å². The first-order valence-corrected chi connectivity index (χ1v) is 13.5. The predicted octanol–water partition coefficient (Wildman–Crippen LogP) is 1.33. The van der Waals surface area contributed by atoms with Crippen LogP contribution in [0.5, 0.6) is 0 Å². The molecule has 1 aliphatic carbocycles. The van der Waals surface area contributed by atoms with Crippen molar-refractivity contribution in [3.05, 3.63) is 0 Å². The van der Waals surface area contributed by atoms with E-state index in [1.54, 1.807) is 11.9 Å². The molecule has 8 nitrogen and oxygen atoms in total. The third-order valence-electron chi connectivity index (χ3n) is 9.03. The molecule has 0 bridgehead atoms. The Kier molecular flexibility index (Phi) is 7.58. The zero-order valence-corrected chi connectivity index (χ0v) is 21.4. The molecule has 0 aromatic carbocycles. The van der Waals surface area contributed by atoms with E-state index < -0.39 is 30.1 Å². The molecule has 35 heavy (non-hydrogen) atoms. The lowest BCUT2D eigenvalue weighted by atomic mass is 9.78. The van der Waals surface area contributed by atoms with Crippen LogP contribution in [0.3, 0.4) is 0 Å². The van der Waals surface area contributed by atoms with Crippen LogP contribution in [0, 0.1) is 5.92 Å². The molecule has 5 unspecified atom stereocenters. The maximum atomic E-state index is 14.3. The number of hydrogen-bond acceptors (Lipinski definition) is 7. The van der Waals surface area contributed by atoms with Gasteiger partial charge in [-0.2, -0.15) is 13.2 Å². The summed E-state index contributed by atoms with van der Waals surface area (Å²) in [5.41, 5.74) is 3.35. The van der Waals surface area contributed by atoms with E-state index in [0.717, 1.165) is 50.1 Å². The highest BCUT2D eigenvalue weighted by atomic mass is 35.5. The monoisotopic (exact) mass is 521 g/mol. The summed E-state index contributed by atoms with van der Waals surface area (Å²) < 4.78 is 42.8. The molecule has 1 amide bonds. The van der Waals surface area contributed by atoms with E-state index in [2.05, 4.69) is 26.0 Å². The van der Waals surface area contributed by atoms with E-state index in [1.807, 2.05) is 0 Å². The van der Waals surface area contributed by atoms with Crippen molar-refractivity contribution >= 4 is 17.5 Å². The molecule has 6 atom stereocenters. The molecule has 5 rings (SSSR count). The summed E-state index contributed by atoms with van der Waals surface area (Å²) in [6.07, 6.45) is 1.33. The van der Waals surface area contributed by atoms with Crippen molar-refractivity contribution in [1.29, 1.82) is 0 Å². The van der Waals surface area contributed by atoms with Gasteiger partial charge in [-0.25, -0.2) is 10.4 Å². The minimum atomic E-state index is -4.44. The highest BCUT2D eigenvalue weighted by Crippen LogP contribution is 2.41. The number of carbonyl (C=O) groups is 1. The van der Waals surface area contributed by atoms with E-state index >= 15 is 0 Å². The second kappa shape index (κ2) is 10.2. The summed E-state index contributed by atoms with van der Waals surface area (Å²) in [6, 6.07) is -1.28. The summed E-state index contributed by atoms with van der Waals surface area (Å²) in [5.74, 6) is -1.01. The number of piperidine rings is 1. The Labute approximate surface area is 210 Å². The van der Waals surface area contributed by atoms with Gasteiger partial charge >= 0.3 is 6.18 Å². The Morgan fingerprint density at radius 1 is 1.11 bits per heavy atom. The molecule has 5 aliphatic rings. The third kappa shape index (κ3) is 5.06. The number of halogens is 4. The minimum Gasteiger partial charge on any atom is -0.332 e. The largest absolute Gasteiger partial charge is 0.409 e. The SMILES string of the molecule is CN1CNCC1C(=O)N(C)[C@@H](C1CCC(N2CCCC3C2CNC2CC(Cl)NN23)CC1)C(F)(F)F. The number of rotatable bonds is 4. The van der Waals surface area contributed by atoms with Crippen LogP contribution in [0.1, 0.15) is 44.9 Å². The van der Waals surface area contributed by atoms with Gasteiger partial charge < -0.3 is 10.2 Å². The molecular formula is C23H39ClF3N7O. The maximum Gasteiger partial charge on any atom is 0.409 e. The number of alkyl halides is 4. The van der Waals surface area contributed by atoms with Gasteiger partial charge in [0.1, 0.15) is 12.1 Å².